The Morgan fingerprint density at radius 1 is 1.28 bits per heavy atom. The normalized spacial score (nSPS) is 21.7. The maximum atomic E-state index is 14.2. The summed E-state index contributed by atoms with van der Waals surface area (Å²) in [5.74, 6) is 0.0730. The van der Waals surface area contributed by atoms with Crippen LogP contribution >= 0.6 is 11.8 Å². The molecule has 11 heteroatoms. The summed E-state index contributed by atoms with van der Waals surface area (Å²) in [7, 11) is 0. The van der Waals surface area contributed by atoms with Crippen LogP contribution in [0.3, 0.4) is 0 Å². The van der Waals surface area contributed by atoms with Gasteiger partial charge in [0.05, 0.1) is 12.2 Å². The van der Waals surface area contributed by atoms with Gasteiger partial charge in [-0.05, 0) is 43.6 Å². The Bertz CT molecular complexity index is 1310. The molecule has 3 aromatic rings. The van der Waals surface area contributed by atoms with Gasteiger partial charge in [0.1, 0.15) is 5.39 Å². The molecule has 0 amide bonds. The highest BCUT2D eigenvalue weighted by molar-refractivity contribution is 7.98. The van der Waals surface area contributed by atoms with Gasteiger partial charge in [-0.2, -0.15) is 13.2 Å². The smallest absolute Gasteiger partial charge is 0.375 e. The fourth-order valence-electron chi connectivity index (χ4n) is 4.75. The van der Waals surface area contributed by atoms with Gasteiger partial charge in [-0.25, -0.2) is 24.3 Å². The van der Waals surface area contributed by atoms with Gasteiger partial charge in [-0.3, -0.25) is 4.79 Å². The number of aliphatic hydroxyl groups is 1. The predicted octanol–water partition coefficient (Wildman–Crippen LogP) is 3.36. The first kappa shape index (κ1) is 21.2. The van der Waals surface area contributed by atoms with E-state index in [4.69, 9.17) is 0 Å². The zero-order chi connectivity index (χ0) is 22.9. The molecule has 0 saturated heterocycles. The molecule has 1 saturated carbocycles. The van der Waals surface area contributed by atoms with Gasteiger partial charge >= 0.3 is 6.18 Å². The van der Waals surface area contributed by atoms with Gasteiger partial charge in [0.25, 0.3) is 5.56 Å². The predicted molar refractivity (Wildman–Crippen MR) is 113 cm³/mol. The van der Waals surface area contributed by atoms with Crippen LogP contribution in [0.4, 0.5) is 13.2 Å². The minimum atomic E-state index is -4.88. The summed E-state index contributed by atoms with van der Waals surface area (Å²) in [5, 5.41) is 11.7. The Morgan fingerprint density at radius 3 is 2.66 bits per heavy atom. The number of aromatic nitrogens is 5. The van der Waals surface area contributed by atoms with Gasteiger partial charge in [0.15, 0.2) is 16.6 Å². The van der Waals surface area contributed by atoms with Gasteiger partial charge < -0.3 is 5.11 Å². The largest absolute Gasteiger partial charge is 0.423 e. The summed E-state index contributed by atoms with van der Waals surface area (Å²) in [5.41, 5.74) is -4.47. The van der Waals surface area contributed by atoms with E-state index in [2.05, 4.69) is 21.5 Å². The molecule has 7 nitrogen and oxygen atoms in total. The first-order chi connectivity index (χ1) is 15.2. The monoisotopic (exact) mass is 463 g/mol. The zero-order valence-electron chi connectivity index (χ0n) is 17.2. The number of hydrogen-bond donors (Lipinski definition) is 1. The van der Waals surface area contributed by atoms with E-state index in [-0.39, 0.29) is 35.5 Å². The quantitative estimate of drug-likeness (QED) is 0.363. The molecule has 32 heavy (non-hydrogen) atoms. The number of aryl methyl sites for hydroxylation is 1. The van der Waals surface area contributed by atoms with Crippen molar-refractivity contribution in [2.45, 2.75) is 49.2 Å². The average Bonchev–Trinajstić information content (AvgIpc) is 3.50. The van der Waals surface area contributed by atoms with Gasteiger partial charge in [0.2, 0.25) is 5.60 Å². The molecule has 1 fully saturated rings. The van der Waals surface area contributed by atoms with Crippen LogP contribution in [0.5, 0.6) is 0 Å². The van der Waals surface area contributed by atoms with E-state index < -0.39 is 22.8 Å². The number of nitrogens with zero attached hydrogens (tertiary/aromatic N) is 5. The van der Waals surface area contributed by atoms with Crippen molar-refractivity contribution in [3.8, 4) is 5.82 Å². The number of thioether (sulfide) groups is 1. The standard InChI is InChI=1S/C21H20F3N5O2S/c1-3-10-28-17(30)13-11-25-18(32-2)27-16(13)29(28)14-5-4-12-6-7-19(8-9-19)20(31,15(12)26-14)21(22,23)24/h3-5,11,31H,1,6-10H2,2H3. The van der Waals surface area contributed by atoms with Crippen LogP contribution in [0.2, 0.25) is 0 Å². The zero-order valence-corrected chi connectivity index (χ0v) is 18.0. The second-order valence-electron chi connectivity index (χ2n) is 8.25. The topological polar surface area (TPSA) is 85.8 Å². The molecule has 3 aromatic heterocycles. The Balaban J connectivity index is 1.80. The molecule has 0 aromatic carbocycles. The highest BCUT2D eigenvalue weighted by atomic mass is 32.2. The maximum Gasteiger partial charge on any atom is 0.423 e. The molecule has 1 unspecified atom stereocenters. The lowest BCUT2D eigenvalue weighted by atomic mass is 9.71. The number of rotatable bonds is 4. The van der Waals surface area contributed by atoms with Crippen molar-refractivity contribution in [3.05, 3.63) is 52.6 Å². The SMILES string of the molecule is C=CCn1c(=O)c2cnc(SC)nc2n1-c1ccc2c(n1)C(O)(C(F)(F)F)C1(CC2)CC1. The third-order valence-electron chi connectivity index (χ3n) is 6.57. The van der Waals surface area contributed by atoms with Crippen molar-refractivity contribution in [2.75, 3.05) is 6.26 Å². The van der Waals surface area contributed by atoms with Crippen LogP contribution in [0.15, 0.2) is 40.9 Å². The average molecular weight is 463 g/mol. The second-order valence-corrected chi connectivity index (χ2v) is 9.02. The van der Waals surface area contributed by atoms with Crippen molar-refractivity contribution in [1.82, 2.24) is 24.3 Å². The minimum absolute atomic E-state index is 0.0730. The van der Waals surface area contributed by atoms with Crippen molar-refractivity contribution >= 4 is 22.8 Å². The Morgan fingerprint density at radius 2 is 2.03 bits per heavy atom. The highest BCUT2D eigenvalue weighted by Crippen LogP contribution is 2.68. The van der Waals surface area contributed by atoms with Gasteiger partial charge in [-0.15, -0.1) is 6.58 Å². The molecule has 0 bridgehead atoms. The lowest BCUT2D eigenvalue weighted by Crippen LogP contribution is -2.53. The van der Waals surface area contributed by atoms with Crippen molar-refractivity contribution in [3.63, 3.8) is 0 Å². The minimum Gasteiger partial charge on any atom is -0.375 e. The van der Waals surface area contributed by atoms with Crippen LogP contribution in [0, 0.1) is 5.41 Å². The van der Waals surface area contributed by atoms with Crippen LogP contribution in [0.1, 0.15) is 30.5 Å². The lowest BCUT2D eigenvalue weighted by Gasteiger charge is -2.42. The number of halogens is 3. The van der Waals surface area contributed by atoms with Crippen LogP contribution in [-0.2, 0) is 18.6 Å². The Labute approximate surface area is 185 Å². The van der Waals surface area contributed by atoms with Gasteiger partial charge in [-0.1, -0.05) is 23.9 Å². The first-order valence-electron chi connectivity index (χ1n) is 10.1. The summed E-state index contributed by atoms with van der Waals surface area (Å²) in [6.45, 7) is 3.76. The molecule has 0 radical (unpaired) electrons. The van der Waals surface area contributed by atoms with Crippen LogP contribution in [-0.4, -0.2) is 41.9 Å². The number of hydrogen-bond acceptors (Lipinski definition) is 6. The third kappa shape index (κ3) is 2.73. The summed E-state index contributed by atoms with van der Waals surface area (Å²) >= 11 is 1.27. The molecule has 3 heterocycles. The van der Waals surface area contributed by atoms with E-state index in [9.17, 15) is 23.1 Å². The Hall–Kier alpha value is -2.66. The fraction of sp³-hybridized carbons (Fsp3) is 0.429. The summed E-state index contributed by atoms with van der Waals surface area (Å²) in [4.78, 5) is 25.8. The first-order valence-corrected chi connectivity index (χ1v) is 11.3. The molecular weight excluding hydrogens is 443 g/mol. The van der Waals surface area contributed by atoms with E-state index in [1.807, 2.05) is 0 Å². The van der Waals surface area contributed by atoms with E-state index in [0.29, 0.717) is 30.0 Å². The fourth-order valence-corrected chi connectivity index (χ4v) is 5.08. The molecule has 1 spiro atoms. The van der Waals surface area contributed by atoms with E-state index in [0.717, 1.165) is 0 Å². The van der Waals surface area contributed by atoms with E-state index >= 15 is 0 Å². The van der Waals surface area contributed by atoms with Crippen molar-refractivity contribution in [2.24, 2.45) is 5.41 Å². The number of alkyl halides is 3. The van der Waals surface area contributed by atoms with Crippen molar-refractivity contribution in [1.29, 1.82) is 0 Å². The number of pyridine rings is 1. The van der Waals surface area contributed by atoms with Crippen LogP contribution in [0.25, 0.3) is 16.9 Å². The summed E-state index contributed by atoms with van der Waals surface area (Å²) in [6, 6.07) is 3.11. The maximum absolute atomic E-state index is 14.2. The molecular formula is C21H20F3N5O2S. The highest BCUT2D eigenvalue weighted by Gasteiger charge is 2.74. The summed E-state index contributed by atoms with van der Waals surface area (Å²) < 4.78 is 45.4. The summed E-state index contributed by atoms with van der Waals surface area (Å²) in [6.07, 6.45) is 1.07. The van der Waals surface area contributed by atoms with Crippen LogP contribution < -0.4 is 5.56 Å². The lowest BCUT2D eigenvalue weighted by molar-refractivity contribution is -0.298. The Kier molecular flexibility index (Phi) is 4.58. The third-order valence-corrected chi connectivity index (χ3v) is 7.13. The van der Waals surface area contributed by atoms with Crippen molar-refractivity contribution < 1.29 is 18.3 Å². The van der Waals surface area contributed by atoms with E-state index in [1.54, 1.807) is 18.4 Å². The molecule has 0 aliphatic heterocycles. The molecule has 5 rings (SSSR count). The van der Waals surface area contributed by atoms with E-state index in [1.165, 1.54) is 33.4 Å². The molecule has 2 aliphatic carbocycles. The molecule has 2 aliphatic rings. The molecule has 1 atom stereocenters. The molecule has 168 valence electrons. The molecule has 1 N–H and O–H groups in total. The second kappa shape index (κ2) is 6.92. The number of fused-ring (bicyclic) bond motifs is 2. The number of allylic oxidation sites excluding steroid dienone is 1. The van der Waals surface area contributed by atoms with Gasteiger partial charge in [0, 0.05) is 11.6 Å².